The summed E-state index contributed by atoms with van der Waals surface area (Å²) in [4.78, 5) is 15.5. The third-order valence-corrected chi connectivity index (χ3v) is 7.14. The van der Waals surface area contributed by atoms with Crippen LogP contribution in [-0.2, 0) is 27.9 Å². The summed E-state index contributed by atoms with van der Waals surface area (Å²) < 4.78 is 26.3. The Bertz CT molecular complexity index is 982. The zero-order valence-electron chi connectivity index (χ0n) is 19.4. The number of aryl methyl sites for hydroxylation is 1. The third kappa shape index (κ3) is 6.56. The second-order valence-electron chi connectivity index (χ2n) is 8.69. The van der Waals surface area contributed by atoms with Gasteiger partial charge < -0.3 is 5.32 Å². The molecule has 0 aliphatic carbocycles. The van der Waals surface area contributed by atoms with Crippen LogP contribution in [0.4, 0.5) is 5.69 Å². The van der Waals surface area contributed by atoms with E-state index < -0.39 is 16.1 Å². The minimum absolute atomic E-state index is 0.295. The molecular weight excluding hydrogens is 422 g/mol. The lowest BCUT2D eigenvalue weighted by molar-refractivity contribution is -0.122. The Morgan fingerprint density at radius 3 is 2.16 bits per heavy atom. The van der Waals surface area contributed by atoms with Crippen molar-refractivity contribution in [2.24, 2.45) is 0 Å². The lowest BCUT2D eigenvalue weighted by Crippen LogP contribution is -2.49. The SMILES string of the molecule is CC[C@H](C(=O)NCc1ccc(CN2CCCCC2)cc1)N(c1ccc(C)cc1)S(C)(=O)=O. The Balaban J connectivity index is 1.64. The van der Waals surface area contributed by atoms with E-state index in [2.05, 4.69) is 22.3 Å². The molecule has 174 valence electrons. The number of hydrogen-bond donors (Lipinski definition) is 1. The van der Waals surface area contributed by atoms with E-state index in [4.69, 9.17) is 0 Å². The number of likely N-dealkylation sites (tertiary alicyclic amines) is 1. The Kier molecular flexibility index (Phi) is 8.32. The summed E-state index contributed by atoms with van der Waals surface area (Å²) in [6, 6.07) is 14.7. The molecule has 1 saturated heterocycles. The molecule has 2 aromatic rings. The van der Waals surface area contributed by atoms with Gasteiger partial charge in [-0.05, 0) is 62.5 Å². The first-order valence-corrected chi connectivity index (χ1v) is 13.3. The zero-order chi connectivity index (χ0) is 23.1. The van der Waals surface area contributed by atoms with E-state index in [9.17, 15) is 13.2 Å². The summed E-state index contributed by atoms with van der Waals surface area (Å²) in [5, 5.41) is 2.93. The van der Waals surface area contributed by atoms with E-state index in [-0.39, 0.29) is 5.91 Å². The van der Waals surface area contributed by atoms with Crippen molar-refractivity contribution < 1.29 is 13.2 Å². The second kappa shape index (κ2) is 11.0. The van der Waals surface area contributed by atoms with Crippen LogP contribution in [0.15, 0.2) is 48.5 Å². The number of carbonyl (C=O) groups excluding carboxylic acids is 1. The maximum Gasteiger partial charge on any atom is 0.244 e. The molecule has 1 atom stereocenters. The quantitative estimate of drug-likeness (QED) is 0.621. The van der Waals surface area contributed by atoms with Crippen LogP contribution in [0.1, 0.15) is 49.3 Å². The smallest absolute Gasteiger partial charge is 0.244 e. The van der Waals surface area contributed by atoms with Gasteiger partial charge in [-0.15, -0.1) is 0 Å². The minimum atomic E-state index is -3.62. The summed E-state index contributed by atoms with van der Waals surface area (Å²) in [6.07, 6.45) is 5.39. The van der Waals surface area contributed by atoms with Crippen LogP contribution in [0.5, 0.6) is 0 Å². The van der Waals surface area contributed by atoms with Crippen LogP contribution in [0, 0.1) is 6.92 Å². The van der Waals surface area contributed by atoms with Gasteiger partial charge in [0, 0.05) is 13.1 Å². The standard InChI is InChI=1S/C25H35N3O3S/c1-4-24(28(32(3,30)31)23-14-8-20(2)9-15-23)25(29)26-18-21-10-12-22(13-11-21)19-27-16-6-5-7-17-27/h8-15,24H,4-7,16-19H2,1-3H3,(H,26,29)/t24-/m1/s1. The molecule has 6 nitrogen and oxygen atoms in total. The number of sulfonamides is 1. The maximum atomic E-state index is 13.0. The molecule has 0 bridgehead atoms. The summed E-state index contributed by atoms with van der Waals surface area (Å²) in [5.74, 6) is -0.295. The fourth-order valence-electron chi connectivity index (χ4n) is 4.20. The molecule has 0 aromatic heterocycles. The molecule has 1 amide bonds. The normalized spacial score (nSPS) is 15.8. The number of benzene rings is 2. The van der Waals surface area contributed by atoms with Gasteiger partial charge in [-0.1, -0.05) is 55.3 Å². The molecule has 2 aromatic carbocycles. The van der Waals surface area contributed by atoms with Gasteiger partial charge in [-0.2, -0.15) is 0 Å². The van der Waals surface area contributed by atoms with Crippen LogP contribution in [0.3, 0.4) is 0 Å². The number of hydrogen-bond acceptors (Lipinski definition) is 4. The number of rotatable bonds is 9. The van der Waals surface area contributed by atoms with Crippen molar-refractivity contribution in [1.29, 1.82) is 0 Å². The lowest BCUT2D eigenvalue weighted by atomic mass is 10.1. The highest BCUT2D eigenvalue weighted by Crippen LogP contribution is 2.23. The summed E-state index contributed by atoms with van der Waals surface area (Å²) in [5.41, 5.74) is 3.80. The first-order valence-electron chi connectivity index (χ1n) is 11.4. The van der Waals surface area contributed by atoms with Gasteiger partial charge in [-0.25, -0.2) is 8.42 Å². The predicted octanol–water partition coefficient (Wildman–Crippen LogP) is 3.84. The van der Waals surface area contributed by atoms with Crippen molar-refractivity contribution in [3.63, 3.8) is 0 Å². The number of amides is 1. The van der Waals surface area contributed by atoms with E-state index >= 15 is 0 Å². The summed E-state index contributed by atoms with van der Waals surface area (Å²) in [6.45, 7) is 7.42. The third-order valence-electron chi connectivity index (χ3n) is 5.96. The van der Waals surface area contributed by atoms with E-state index in [1.54, 1.807) is 12.1 Å². The number of nitrogens with zero attached hydrogens (tertiary/aromatic N) is 2. The van der Waals surface area contributed by atoms with E-state index in [1.807, 2.05) is 38.1 Å². The molecule has 0 radical (unpaired) electrons. The first-order chi connectivity index (χ1) is 15.3. The average molecular weight is 458 g/mol. The van der Waals surface area contributed by atoms with Crippen molar-refractivity contribution in [3.8, 4) is 0 Å². The summed E-state index contributed by atoms with van der Waals surface area (Å²) >= 11 is 0. The van der Waals surface area contributed by atoms with E-state index in [1.165, 1.54) is 29.1 Å². The second-order valence-corrected chi connectivity index (χ2v) is 10.5. The van der Waals surface area contributed by atoms with Crippen molar-refractivity contribution in [2.75, 3.05) is 23.7 Å². The monoisotopic (exact) mass is 457 g/mol. The van der Waals surface area contributed by atoms with E-state index in [0.29, 0.717) is 18.7 Å². The van der Waals surface area contributed by atoms with Gasteiger partial charge in [0.1, 0.15) is 6.04 Å². The summed E-state index contributed by atoms with van der Waals surface area (Å²) in [7, 11) is -3.62. The highest BCUT2D eigenvalue weighted by molar-refractivity contribution is 7.92. The molecule has 1 N–H and O–H groups in total. The predicted molar refractivity (Wildman–Crippen MR) is 130 cm³/mol. The number of anilines is 1. The number of nitrogens with one attached hydrogen (secondary N) is 1. The molecule has 0 spiro atoms. The van der Waals surface area contributed by atoms with Crippen LogP contribution in [0.2, 0.25) is 0 Å². The highest BCUT2D eigenvalue weighted by Gasteiger charge is 2.31. The van der Waals surface area contributed by atoms with Crippen LogP contribution < -0.4 is 9.62 Å². The van der Waals surface area contributed by atoms with Gasteiger partial charge in [0.25, 0.3) is 0 Å². The maximum absolute atomic E-state index is 13.0. The fourth-order valence-corrected chi connectivity index (χ4v) is 5.41. The van der Waals surface area contributed by atoms with Gasteiger partial charge in [0.05, 0.1) is 11.9 Å². The molecule has 1 aliphatic heterocycles. The highest BCUT2D eigenvalue weighted by atomic mass is 32.2. The topological polar surface area (TPSA) is 69.7 Å². The Morgan fingerprint density at radius 1 is 1.00 bits per heavy atom. The molecule has 7 heteroatoms. The molecule has 1 heterocycles. The molecule has 0 unspecified atom stereocenters. The van der Waals surface area contributed by atoms with Crippen molar-refractivity contribution in [2.45, 2.75) is 58.7 Å². The Morgan fingerprint density at radius 2 is 1.59 bits per heavy atom. The molecule has 1 fully saturated rings. The van der Waals surface area contributed by atoms with Crippen LogP contribution in [-0.4, -0.2) is 44.6 Å². The fraction of sp³-hybridized carbons (Fsp3) is 0.480. The number of piperidine rings is 1. The largest absolute Gasteiger partial charge is 0.350 e. The van der Waals surface area contributed by atoms with Crippen molar-refractivity contribution in [1.82, 2.24) is 10.2 Å². The van der Waals surface area contributed by atoms with Crippen LogP contribution >= 0.6 is 0 Å². The first kappa shape index (κ1) is 24.3. The molecule has 1 aliphatic rings. The van der Waals surface area contributed by atoms with Gasteiger partial charge >= 0.3 is 0 Å². The minimum Gasteiger partial charge on any atom is -0.350 e. The Labute approximate surface area is 192 Å². The molecule has 0 saturated carbocycles. The molecule has 32 heavy (non-hydrogen) atoms. The average Bonchev–Trinajstić information content (AvgIpc) is 2.77. The van der Waals surface area contributed by atoms with Crippen LogP contribution in [0.25, 0.3) is 0 Å². The number of carbonyl (C=O) groups is 1. The van der Waals surface area contributed by atoms with Gasteiger partial charge in [-0.3, -0.25) is 14.0 Å². The Hall–Kier alpha value is -2.38. The molecular formula is C25H35N3O3S. The molecule has 3 rings (SSSR count). The van der Waals surface area contributed by atoms with Crippen molar-refractivity contribution in [3.05, 3.63) is 65.2 Å². The lowest BCUT2D eigenvalue weighted by Gasteiger charge is -2.30. The van der Waals surface area contributed by atoms with Crippen molar-refractivity contribution >= 4 is 21.6 Å². The zero-order valence-corrected chi connectivity index (χ0v) is 20.2. The van der Waals surface area contributed by atoms with Gasteiger partial charge in [0.2, 0.25) is 15.9 Å². The van der Waals surface area contributed by atoms with Gasteiger partial charge in [0.15, 0.2) is 0 Å². The van der Waals surface area contributed by atoms with E-state index in [0.717, 1.165) is 37.0 Å².